The van der Waals surface area contributed by atoms with Crippen molar-refractivity contribution in [3.05, 3.63) is 101 Å². The van der Waals surface area contributed by atoms with Crippen molar-refractivity contribution in [1.29, 1.82) is 0 Å². The lowest BCUT2D eigenvalue weighted by molar-refractivity contribution is 0.102. The number of rotatable bonds is 7. The second-order valence-electron chi connectivity index (χ2n) is 8.52. The van der Waals surface area contributed by atoms with E-state index in [2.05, 4.69) is 28.3 Å². The highest BCUT2D eigenvalue weighted by Gasteiger charge is 2.12. The Morgan fingerprint density at radius 3 is 2.62 bits per heavy atom. The van der Waals surface area contributed by atoms with Crippen LogP contribution in [0.25, 0.3) is 11.3 Å². The number of nitrogens with zero attached hydrogens (tertiary/aromatic N) is 3. The number of methoxy groups -OCH3 is 1. The third-order valence-corrected chi connectivity index (χ3v) is 5.75. The van der Waals surface area contributed by atoms with E-state index in [9.17, 15) is 4.79 Å². The maximum atomic E-state index is 12.6. The van der Waals surface area contributed by atoms with E-state index in [1.165, 1.54) is 0 Å². The fourth-order valence-electron chi connectivity index (χ4n) is 3.86. The molecule has 0 spiro atoms. The zero-order valence-electron chi connectivity index (χ0n) is 19.9. The summed E-state index contributed by atoms with van der Waals surface area (Å²) in [6, 6.07) is 15.8. The van der Waals surface area contributed by atoms with Crippen molar-refractivity contribution in [2.75, 3.05) is 12.4 Å². The van der Waals surface area contributed by atoms with Gasteiger partial charge in [-0.25, -0.2) is 4.98 Å². The molecule has 0 aliphatic rings. The van der Waals surface area contributed by atoms with Gasteiger partial charge in [0.25, 0.3) is 5.91 Å². The van der Waals surface area contributed by atoms with E-state index in [1.807, 2.05) is 62.5 Å². The van der Waals surface area contributed by atoms with Crippen molar-refractivity contribution < 1.29 is 9.53 Å². The molecule has 2 aromatic heterocycles. The van der Waals surface area contributed by atoms with Gasteiger partial charge in [0, 0.05) is 29.8 Å². The number of nitrogens with one attached hydrogen (secondary N) is 1. The minimum atomic E-state index is -0.173. The van der Waals surface area contributed by atoms with Crippen molar-refractivity contribution >= 4 is 11.6 Å². The number of aryl methyl sites for hydroxylation is 2. The van der Waals surface area contributed by atoms with Crippen LogP contribution in [0.5, 0.6) is 5.75 Å². The van der Waals surface area contributed by atoms with Crippen LogP contribution < -0.4 is 10.1 Å². The van der Waals surface area contributed by atoms with Gasteiger partial charge in [-0.1, -0.05) is 31.2 Å². The normalized spacial score (nSPS) is 11.6. The van der Waals surface area contributed by atoms with Gasteiger partial charge in [-0.2, -0.15) is 0 Å². The monoisotopic (exact) mass is 452 g/mol. The van der Waals surface area contributed by atoms with Gasteiger partial charge in [-0.05, 0) is 67.1 Å². The summed E-state index contributed by atoms with van der Waals surface area (Å²) in [6.07, 6.45) is 7.61. The zero-order chi connectivity index (χ0) is 24.1. The molecule has 34 heavy (non-hydrogen) atoms. The molecule has 4 aromatic rings. The number of carbonyl (C=O) groups excluding carboxylic acids is 1. The van der Waals surface area contributed by atoms with E-state index in [1.54, 1.807) is 25.7 Å². The van der Waals surface area contributed by atoms with Gasteiger partial charge in [0.1, 0.15) is 5.75 Å². The van der Waals surface area contributed by atoms with Crippen LogP contribution >= 0.6 is 0 Å². The number of amides is 1. The molecule has 4 rings (SSSR count). The van der Waals surface area contributed by atoms with Crippen LogP contribution in [0.4, 0.5) is 5.69 Å². The Morgan fingerprint density at radius 2 is 1.82 bits per heavy atom. The standard InChI is InChI=1S/C28H28N4O2/c1-18-10-23(15-29-14-18)28(33)32-24-7-5-6-21(12-24)20(3)11-25-16-30-17-26(31-25)22-9-8-19(2)27(13-22)34-4/h5-10,12-17,20H,11H2,1-4H3,(H,32,33). The number of hydrogen-bond donors (Lipinski definition) is 1. The van der Waals surface area contributed by atoms with Crippen LogP contribution in [0.1, 0.15) is 45.6 Å². The predicted molar refractivity (Wildman–Crippen MR) is 134 cm³/mol. The van der Waals surface area contributed by atoms with Gasteiger partial charge in [0.15, 0.2) is 0 Å². The first-order valence-electron chi connectivity index (χ1n) is 11.2. The highest BCUT2D eigenvalue weighted by molar-refractivity contribution is 6.04. The van der Waals surface area contributed by atoms with E-state index in [4.69, 9.17) is 9.72 Å². The van der Waals surface area contributed by atoms with E-state index in [0.29, 0.717) is 5.56 Å². The number of carbonyl (C=O) groups is 1. The average molecular weight is 453 g/mol. The van der Waals surface area contributed by atoms with Crippen molar-refractivity contribution in [1.82, 2.24) is 15.0 Å². The molecule has 6 nitrogen and oxygen atoms in total. The lowest BCUT2D eigenvalue weighted by Gasteiger charge is -2.14. The fraction of sp³-hybridized carbons (Fsp3) is 0.214. The first kappa shape index (κ1) is 23.1. The summed E-state index contributed by atoms with van der Waals surface area (Å²) in [5.74, 6) is 0.848. The Bertz CT molecular complexity index is 1320. The molecule has 1 unspecified atom stereocenters. The Balaban J connectivity index is 1.48. The van der Waals surface area contributed by atoms with E-state index >= 15 is 0 Å². The number of benzene rings is 2. The minimum absolute atomic E-state index is 0.173. The van der Waals surface area contributed by atoms with Crippen molar-refractivity contribution in [3.63, 3.8) is 0 Å². The maximum Gasteiger partial charge on any atom is 0.257 e. The van der Waals surface area contributed by atoms with Gasteiger partial charge in [0.05, 0.1) is 30.3 Å². The van der Waals surface area contributed by atoms with Crippen molar-refractivity contribution in [2.45, 2.75) is 33.1 Å². The number of pyridine rings is 1. The molecule has 1 amide bonds. The van der Waals surface area contributed by atoms with Crippen molar-refractivity contribution in [2.24, 2.45) is 0 Å². The first-order chi connectivity index (χ1) is 16.4. The van der Waals surface area contributed by atoms with Crippen LogP contribution in [0, 0.1) is 13.8 Å². The third-order valence-electron chi connectivity index (χ3n) is 5.75. The van der Waals surface area contributed by atoms with E-state index in [0.717, 1.165) is 51.5 Å². The van der Waals surface area contributed by atoms with Gasteiger partial charge < -0.3 is 10.1 Å². The molecule has 6 heteroatoms. The van der Waals surface area contributed by atoms with Crippen LogP contribution in [0.2, 0.25) is 0 Å². The smallest absolute Gasteiger partial charge is 0.257 e. The minimum Gasteiger partial charge on any atom is -0.496 e. The summed E-state index contributed by atoms with van der Waals surface area (Å²) in [6.45, 7) is 6.08. The quantitative estimate of drug-likeness (QED) is 0.386. The molecule has 172 valence electrons. The lowest BCUT2D eigenvalue weighted by atomic mass is 9.95. The van der Waals surface area contributed by atoms with Gasteiger partial charge in [-0.3, -0.25) is 14.8 Å². The number of hydrogen-bond acceptors (Lipinski definition) is 5. The summed E-state index contributed by atoms with van der Waals surface area (Å²) in [5, 5.41) is 2.97. The van der Waals surface area contributed by atoms with Crippen LogP contribution in [-0.4, -0.2) is 28.0 Å². The SMILES string of the molecule is COc1cc(-c2cncc(CC(C)c3cccc(NC(=O)c4cncc(C)c4)c3)n2)ccc1C. The molecule has 2 aromatic carbocycles. The number of aromatic nitrogens is 3. The Kier molecular flexibility index (Phi) is 6.97. The predicted octanol–water partition coefficient (Wildman–Crippen LogP) is 5.76. The van der Waals surface area contributed by atoms with Gasteiger partial charge >= 0.3 is 0 Å². The molecule has 1 N–H and O–H groups in total. The molecule has 1 atom stereocenters. The molecule has 0 fully saturated rings. The van der Waals surface area contributed by atoms with Crippen LogP contribution in [-0.2, 0) is 6.42 Å². The fourth-order valence-corrected chi connectivity index (χ4v) is 3.86. The number of anilines is 1. The van der Waals surface area contributed by atoms with Crippen LogP contribution in [0.15, 0.2) is 73.3 Å². The highest BCUT2D eigenvalue weighted by atomic mass is 16.5. The van der Waals surface area contributed by atoms with Gasteiger partial charge in [-0.15, -0.1) is 0 Å². The second-order valence-corrected chi connectivity index (χ2v) is 8.52. The Labute approximate surface area is 200 Å². The summed E-state index contributed by atoms with van der Waals surface area (Å²) < 4.78 is 5.45. The molecule has 0 saturated carbocycles. The summed E-state index contributed by atoms with van der Waals surface area (Å²) in [4.78, 5) is 26.0. The molecule has 0 bridgehead atoms. The maximum absolute atomic E-state index is 12.6. The molecule has 0 aliphatic heterocycles. The average Bonchev–Trinajstić information content (AvgIpc) is 2.84. The number of ether oxygens (including phenoxy) is 1. The highest BCUT2D eigenvalue weighted by Crippen LogP contribution is 2.27. The second kappa shape index (κ2) is 10.3. The summed E-state index contributed by atoms with van der Waals surface area (Å²) >= 11 is 0. The first-order valence-corrected chi connectivity index (χ1v) is 11.2. The summed E-state index contributed by atoms with van der Waals surface area (Å²) in [5.41, 5.74) is 7.13. The Morgan fingerprint density at radius 1 is 1.00 bits per heavy atom. The molecule has 0 saturated heterocycles. The van der Waals surface area contributed by atoms with Crippen LogP contribution in [0.3, 0.4) is 0 Å². The lowest BCUT2D eigenvalue weighted by Crippen LogP contribution is -2.12. The van der Waals surface area contributed by atoms with E-state index < -0.39 is 0 Å². The molecular formula is C28H28N4O2. The van der Waals surface area contributed by atoms with Crippen molar-refractivity contribution in [3.8, 4) is 17.0 Å². The molecule has 2 heterocycles. The third kappa shape index (κ3) is 5.46. The summed E-state index contributed by atoms with van der Waals surface area (Å²) in [7, 11) is 1.67. The Hall–Kier alpha value is -4.06. The largest absolute Gasteiger partial charge is 0.496 e. The zero-order valence-corrected chi connectivity index (χ0v) is 19.9. The van der Waals surface area contributed by atoms with E-state index in [-0.39, 0.29) is 11.8 Å². The topological polar surface area (TPSA) is 77.0 Å². The van der Waals surface area contributed by atoms with Gasteiger partial charge in [0.2, 0.25) is 0 Å². The molecule has 0 aliphatic carbocycles. The molecular weight excluding hydrogens is 424 g/mol. The molecule has 0 radical (unpaired) electrons.